The largest absolute Gasteiger partial charge is 0.481 e. The monoisotopic (exact) mass is 252 g/mol. The molecular weight excluding hydrogens is 232 g/mol. The third-order valence-corrected chi connectivity index (χ3v) is 3.50. The van der Waals surface area contributed by atoms with Gasteiger partial charge in [-0.1, -0.05) is 0 Å². The molecule has 0 saturated heterocycles. The number of hydrogen-bond donors (Lipinski definition) is 1. The van der Waals surface area contributed by atoms with Crippen LogP contribution in [0.4, 0.5) is 0 Å². The van der Waals surface area contributed by atoms with Crippen LogP contribution in [0.3, 0.4) is 0 Å². The predicted molar refractivity (Wildman–Crippen MR) is 66.2 cm³/mol. The molecular formula is C13H20N2O3. The quantitative estimate of drug-likeness (QED) is 0.786. The van der Waals surface area contributed by atoms with E-state index < -0.39 is 5.97 Å². The Hall–Kier alpha value is -1.36. The predicted octanol–water partition coefficient (Wildman–Crippen LogP) is 1.93. The number of carboxylic acid groups (broad SMARTS) is 1. The number of nitrogens with zero attached hydrogens (tertiary/aromatic N) is 2. The molecule has 5 nitrogen and oxygen atoms in total. The molecule has 1 N–H and O–H groups in total. The molecule has 1 fully saturated rings. The fourth-order valence-electron chi connectivity index (χ4n) is 2.39. The minimum atomic E-state index is -0.659. The van der Waals surface area contributed by atoms with Gasteiger partial charge in [-0.3, -0.25) is 4.79 Å². The van der Waals surface area contributed by atoms with Gasteiger partial charge in [-0.15, -0.1) is 0 Å². The average molecular weight is 252 g/mol. The van der Waals surface area contributed by atoms with Crippen LogP contribution >= 0.6 is 0 Å². The first-order valence-corrected chi connectivity index (χ1v) is 6.56. The lowest BCUT2D eigenvalue weighted by Crippen LogP contribution is -2.26. The first-order chi connectivity index (χ1) is 8.75. The third-order valence-electron chi connectivity index (χ3n) is 3.50. The molecule has 1 saturated carbocycles. The second-order valence-corrected chi connectivity index (χ2v) is 4.84. The van der Waals surface area contributed by atoms with Crippen LogP contribution in [0.1, 0.15) is 32.1 Å². The van der Waals surface area contributed by atoms with Crippen molar-refractivity contribution in [2.75, 3.05) is 6.61 Å². The molecule has 1 aromatic rings. The molecule has 1 aromatic heterocycles. The first kappa shape index (κ1) is 13.1. The highest BCUT2D eigenvalue weighted by Gasteiger charge is 2.25. The minimum Gasteiger partial charge on any atom is -0.481 e. The van der Waals surface area contributed by atoms with Gasteiger partial charge in [0.05, 0.1) is 18.3 Å². The maximum Gasteiger partial charge on any atom is 0.306 e. The lowest BCUT2D eigenvalue weighted by molar-refractivity contribution is -0.143. The molecule has 0 unspecified atom stereocenters. The van der Waals surface area contributed by atoms with E-state index in [-0.39, 0.29) is 12.0 Å². The van der Waals surface area contributed by atoms with Crippen LogP contribution in [-0.4, -0.2) is 33.3 Å². The van der Waals surface area contributed by atoms with Crippen LogP contribution in [0.15, 0.2) is 18.7 Å². The molecule has 1 aliphatic rings. The summed E-state index contributed by atoms with van der Waals surface area (Å²) in [7, 11) is 0. The molecule has 0 spiro atoms. The molecule has 18 heavy (non-hydrogen) atoms. The molecule has 0 aliphatic heterocycles. The number of carbonyl (C=O) groups is 1. The summed E-state index contributed by atoms with van der Waals surface area (Å²) in [5.74, 6) is -0.815. The Morgan fingerprint density at radius 3 is 2.78 bits per heavy atom. The Morgan fingerprint density at radius 2 is 2.17 bits per heavy atom. The van der Waals surface area contributed by atoms with E-state index in [1.165, 1.54) is 0 Å². The van der Waals surface area contributed by atoms with Crippen LogP contribution in [-0.2, 0) is 16.1 Å². The second-order valence-electron chi connectivity index (χ2n) is 4.84. The standard InChI is InChI=1S/C13H20N2O3/c16-13(17)11-2-4-12(5-3-11)18-9-1-7-15-8-6-14-10-15/h6,8,10-12H,1-5,7,9H2,(H,16,17). The Morgan fingerprint density at radius 1 is 1.39 bits per heavy atom. The van der Waals surface area contributed by atoms with E-state index in [9.17, 15) is 4.79 Å². The van der Waals surface area contributed by atoms with Crippen LogP contribution in [0.25, 0.3) is 0 Å². The number of carboxylic acids is 1. The van der Waals surface area contributed by atoms with Gasteiger partial charge in [0, 0.05) is 25.5 Å². The highest BCUT2D eigenvalue weighted by atomic mass is 16.5. The van der Waals surface area contributed by atoms with Crippen molar-refractivity contribution in [2.24, 2.45) is 5.92 Å². The van der Waals surface area contributed by atoms with Gasteiger partial charge in [0.15, 0.2) is 0 Å². The maximum atomic E-state index is 10.8. The van der Waals surface area contributed by atoms with Gasteiger partial charge in [0.2, 0.25) is 0 Å². The summed E-state index contributed by atoms with van der Waals surface area (Å²) in [6.07, 6.45) is 10.00. The molecule has 0 aromatic carbocycles. The van der Waals surface area contributed by atoms with Gasteiger partial charge in [0.25, 0.3) is 0 Å². The van der Waals surface area contributed by atoms with Crippen molar-refractivity contribution in [3.8, 4) is 0 Å². The zero-order valence-corrected chi connectivity index (χ0v) is 10.5. The van der Waals surface area contributed by atoms with Crippen LogP contribution in [0.5, 0.6) is 0 Å². The van der Waals surface area contributed by atoms with E-state index in [4.69, 9.17) is 9.84 Å². The average Bonchev–Trinajstić information content (AvgIpc) is 2.88. The topological polar surface area (TPSA) is 64.3 Å². The summed E-state index contributed by atoms with van der Waals surface area (Å²) in [5.41, 5.74) is 0. The fraction of sp³-hybridized carbons (Fsp3) is 0.692. The van der Waals surface area contributed by atoms with Gasteiger partial charge < -0.3 is 14.4 Å². The van der Waals surface area contributed by atoms with E-state index in [0.717, 1.165) is 45.3 Å². The maximum absolute atomic E-state index is 10.8. The lowest BCUT2D eigenvalue weighted by Gasteiger charge is -2.26. The minimum absolute atomic E-state index is 0.157. The summed E-state index contributed by atoms with van der Waals surface area (Å²) in [6.45, 7) is 1.66. The Labute approximate surface area is 107 Å². The van der Waals surface area contributed by atoms with Gasteiger partial charge in [-0.05, 0) is 32.1 Å². The van der Waals surface area contributed by atoms with Crippen molar-refractivity contribution in [3.05, 3.63) is 18.7 Å². The van der Waals surface area contributed by atoms with Gasteiger partial charge in [-0.2, -0.15) is 0 Å². The van der Waals surface area contributed by atoms with E-state index in [2.05, 4.69) is 4.98 Å². The number of ether oxygens (including phenoxy) is 1. The molecule has 1 heterocycles. The SMILES string of the molecule is O=C(O)C1CCC(OCCCn2ccnc2)CC1. The molecule has 0 bridgehead atoms. The Balaban J connectivity index is 1.57. The zero-order chi connectivity index (χ0) is 12.8. The number of imidazole rings is 1. The van der Waals surface area contributed by atoms with Gasteiger partial charge in [0.1, 0.15) is 0 Å². The molecule has 100 valence electrons. The normalized spacial score (nSPS) is 24.0. The third kappa shape index (κ3) is 3.84. The van der Waals surface area contributed by atoms with Crippen LogP contribution < -0.4 is 0 Å². The Bertz CT molecular complexity index is 356. The molecule has 0 atom stereocenters. The Kier molecular flexibility index (Phi) is 4.75. The van der Waals surface area contributed by atoms with Crippen LogP contribution in [0.2, 0.25) is 0 Å². The molecule has 1 aliphatic carbocycles. The van der Waals surface area contributed by atoms with Crippen molar-refractivity contribution in [1.82, 2.24) is 9.55 Å². The zero-order valence-electron chi connectivity index (χ0n) is 10.5. The summed E-state index contributed by atoms with van der Waals surface area (Å²) >= 11 is 0. The van der Waals surface area contributed by atoms with E-state index in [1.54, 1.807) is 12.5 Å². The number of aliphatic carboxylic acids is 1. The summed E-state index contributed by atoms with van der Waals surface area (Å²) < 4.78 is 7.82. The molecule has 2 rings (SSSR count). The number of hydrogen-bond acceptors (Lipinski definition) is 3. The number of rotatable bonds is 6. The summed E-state index contributed by atoms with van der Waals surface area (Å²) in [6, 6.07) is 0. The highest BCUT2D eigenvalue weighted by Crippen LogP contribution is 2.26. The first-order valence-electron chi connectivity index (χ1n) is 6.56. The van der Waals surface area contributed by atoms with Crippen LogP contribution in [0, 0.1) is 5.92 Å². The summed E-state index contributed by atoms with van der Waals surface area (Å²) in [5, 5.41) is 8.89. The smallest absolute Gasteiger partial charge is 0.306 e. The number of aromatic nitrogens is 2. The second kappa shape index (κ2) is 6.54. The van der Waals surface area contributed by atoms with Gasteiger partial charge in [-0.25, -0.2) is 4.98 Å². The van der Waals surface area contributed by atoms with Crippen molar-refractivity contribution in [1.29, 1.82) is 0 Å². The van der Waals surface area contributed by atoms with E-state index >= 15 is 0 Å². The van der Waals surface area contributed by atoms with Crippen molar-refractivity contribution in [2.45, 2.75) is 44.8 Å². The van der Waals surface area contributed by atoms with Gasteiger partial charge >= 0.3 is 5.97 Å². The number of aryl methyl sites for hydroxylation is 1. The highest BCUT2D eigenvalue weighted by molar-refractivity contribution is 5.70. The summed E-state index contributed by atoms with van der Waals surface area (Å²) in [4.78, 5) is 14.8. The van der Waals surface area contributed by atoms with Crippen molar-refractivity contribution < 1.29 is 14.6 Å². The van der Waals surface area contributed by atoms with Crippen molar-refractivity contribution >= 4 is 5.97 Å². The lowest BCUT2D eigenvalue weighted by atomic mass is 9.87. The fourth-order valence-corrected chi connectivity index (χ4v) is 2.39. The van der Waals surface area contributed by atoms with E-state index in [1.807, 2.05) is 10.8 Å². The molecule has 0 radical (unpaired) electrons. The van der Waals surface area contributed by atoms with Crippen molar-refractivity contribution in [3.63, 3.8) is 0 Å². The molecule has 5 heteroatoms. The molecule has 0 amide bonds. The van der Waals surface area contributed by atoms with E-state index in [0.29, 0.717) is 0 Å².